The number of nitrogens with two attached hydrogens (primary N) is 1. The van der Waals surface area contributed by atoms with E-state index in [-0.39, 0.29) is 5.69 Å². The predicted molar refractivity (Wildman–Crippen MR) is 70.1 cm³/mol. The largest absolute Gasteiger partial charge is 0.399 e. The third kappa shape index (κ3) is 4.27. The fourth-order valence-corrected chi connectivity index (χ4v) is 2.71. The van der Waals surface area contributed by atoms with E-state index in [9.17, 15) is 12.8 Å². The fourth-order valence-electron chi connectivity index (χ4n) is 1.52. The van der Waals surface area contributed by atoms with Gasteiger partial charge in [-0.15, -0.1) is 0 Å². The fraction of sp³-hybridized carbons (Fsp3) is 0.500. The summed E-state index contributed by atoms with van der Waals surface area (Å²) in [7, 11) is -3.82. The van der Waals surface area contributed by atoms with Gasteiger partial charge in [-0.1, -0.05) is 13.8 Å². The highest BCUT2D eigenvalue weighted by Gasteiger charge is 2.18. The number of hydrogen-bond acceptors (Lipinski definition) is 3. The highest BCUT2D eigenvalue weighted by molar-refractivity contribution is 7.89. The number of nitrogens with one attached hydrogen (secondary N) is 1. The molecule has 0 atom stereocenters. The molecule has 1 rings (SSSR count). The molecule has 102 valence electrons. The van der Waals surface area contributed by atoms with Crippen molar-refractivity contribution in [3.63, 3.8) is 0 Å². The molecule has 0 fully saturated rings. The van der Waals surface area contributed by atoms with E-state index in [2.05, 4.69) is 18.6 Å². The van der Waals surface area contributed by atoms with Gasteiger partial charge in [-0.05, 0) is 37.0 Å². The molecule has 0 heterocycles. The van der Waals surface area contributed by atoms with Crippen LogP contribution in [-0.4, -0.2) is 15.0 Å². The lowest BCUT2D eigenvalue weighted by molar-refractivity contribution is 0.533. The van der Waals surface area contributed by atoms with Crippen molar-refractivity contribution in [1.82, 2.24) is 4.72 Å². The van der Waals surface area contributed by atoms with E-state index in [4.69, 9.17) is 5.73 Å². The van der Waals surface area contributed by atoms with Gasteiger partial charge in [-0.2, -0.15) is 0 Å². The van der Waals surface area contributed by atoms with Gasteiger partial charge in [0.05, 0.1) is 0 Å². The van der Waals surface area contributed by atoms with Crippen LogP contribution in [0.25, 0.3) is 0 Å². The van der Waals surface area contributed by atoms with Crippen LogP contribution >= 0.6 is 0 Å². The summed E-state index contributed by atoms with van der Waals surface area (Å²) >= 11 is 0. The van der Waals surface area contributed by atoms with E-state index in [0.717, 1.165) is 25.0 Å². The lowest BCUT2D eigenvalue weighted by atomic mass is 10.1. The Kier molecular flexibility index (Phi) is 5.10. The zero-order chi connectivity index (χ0) is 13.8. The molecule has 0 aromatic heterocycles. The second kappa shape index (κ2) is 6.15. The summed E-state index contributed by atoms with van der Waals surface area (Å²) in [5, 5.41) is 0. The molecule has 0 unspecified atom stereocenters. The molecule has 0 aliphatic heterocycles. The first-order valence-electron chi connectivity index (χ1n) is 5.87. The maximum atomic E-state index is 13.4. The highest BCUT2D eigenvalue weighted by Crippen LogP contribution is 2.17. The summed E-state index contributed by atoms with van der Waals surface area (Å²) in [6.07, 6.45) is 1.64. The Balaban J connectivity index is 2.71. The number of hydrogen-bond donors (Lipinski definition) is 2. The minimum atomic E-state index is -3.82. The molecule has 0 aliphatic carbocycles. The molecule has 0 saturated carbocycles. The average Bonchev–Trinajstić information content (AvgIpc) is 2.27. The first-order valence-corrected chi connectivity index (χ1v) is 7.36. The normalized spacial score (nSPS) is 12.0. The van der Waals surface area contributed by atoms with Crippen molar-refractivity contribution in [2.45, 2.75) is 31.6 Å². The molecule has 1 aromatic carbocycles. The predicted octanol–water partition coefficient (Wildman–Crippen LogP) is 2.12. The van der Waals surface area contributed by atoms with Crippen molar-refractivity contribution in [2.75, 3.05) is 12.3 Å². The molecular formula is C12H19FN2O2S. The van der Waals surface area contributed by atoms with E-state index in [1.54, 1.807) is 0 Å². The molecule has 3 N–H and O–H groups in total. The number of anilines is 1. The molecule has 0 amide bonds. The Morgan fingerprint density at radius 1 is 1.39 bits per heavy atom. The number of benzene rings is 1. The summed E-state index contributed by atoms with van der Waals surface area (Å²) < 4.78 is 39.5. The molecule has 0 saturated heterocycles. The summed E-state index contributed by atoms with van der Waals surface area (Å²) in [4.78, 5) is -0.396. The molecule has 4 nitrogen and oxygen atoms in total. The zero-order valence-corrected chi connectivity index (χ0v) is 11.4. The van der Waals surface area contributed by atoms with Crippen molar-refractivity contribution >= 4 is 15.7 Å². The molecule has 0 spiro atoms. The van der Waals surface area contributed by atoms with E-state index >= 15 is 0 Å². The van der Waals surface area contributed by atoms with E-state index in [1.807, 2.05) is 0 Å². The second-order valence-electron chi connectivity index (χ2n) is 4.62. The molecule has 1 aromatic rings. The number of sulfonamides is 1. The van der Waals surface area contributed by atoms with Crippen LogP contribution in [0.5, 0.6) is 0 Å². The van der Waals surface area contributed by atoms with E-state index in [1.165, 1.54) is 6.07 Å². The minimum Gasteiger partial charge on any atom is -0.399 e. The van der Waals surface area contributed by atoms with Gasteiger partial charge in [-0.25, -0.2) is 17.5 Å². The highest BCUT2D eigenvalue weighted by atomic mass is 32.2. The quantitative estimate of drug-likeness (QED) is 0.616. The number of rotatable bonds is 6. The molecule has 0 aliphatic rings. The Morgan fingerprint density at radius 3 is 2.67 bits per heavy atom. The first-order chi connectivity index (χ1) is 8.33. The van der Waals surface area contributed by atoms with Gasteiger partial charge in [0.15, 0.2) is 0 Å². The Labute approximate surface area is 107 Å². The minimum absolute atomic E-state index is 0.221. The summed E-state index contributed by atoms with van der Waals surface area (Å²) in [6.45, 7) is 4.42. The van der Waals surface area contributed by atoms with Crippen LogP contribution in [0.3, 0.4) is 0 Å². The Morgan fingerprint density at radius 2 is 2.06 bits per heavy atom. The van der Waals surface area contributed by atoms with Crippen molar-refractivity contribution in [1.29, 1.82) is 0 Å². The van der Waals surface area contributed by atoms with Crippen molar-refractivity contribution < 1.29 is 12.8 Å². The Hall–Kier alpha value is -1.14. The SMILES string of the molecule is CC(C)CCCNS(=O)(=O)c1cc(N)ccc1F. The van der Waals surface area contributed by atoms with Crippen LogP contribution in [0.4, 0.5) is 10.1 Å². The monoisotopic (exact) mass is 274 g/mol. The lowest BCUT2D eigenvalue weighted by Crippen LogP contribution is -2.26. The van der Waals surface area contributed by atoms with Gasteiger partial charge in [-0.3, -0.25) is 0 Å². The maximum Gasteiger partial charge on any atom is 0.243 e. The van der Waals surface area contributed by atoms with Crippen molar-refractivity contribution in [2.24, 2.45) is 5.92 Å². The van der Waals surface area contributed by atoms with Gasteiger partial charge in [0.25, 0.3) is 0 Å². The van der Waals surface area contributed by atoms with Crippen LogP contribution in [0.15, 0.2) is 23.1 Å². The maximum absolute atomic E-state index is 13.4. The first kappa shape index (κ1) is 14.9. The summed E-state index contributed by atoms with van der Waals surface area (Å²) in [5.41, 5.74) is 5.68. The Bertz CT molecular complexity index is 501. The van der Waals surface area contributed by atoms with Gasteiger partial charge in [0.1, 0.15) is 10.7 Å². The van der Waals surface area contributed by atoms with Gasteiger partial charge < -0.3 is 5.73 Å². The van der Waals surface area contributed by atoms with Crippen LogP contribution < -0.4 is 10.5 Å². The summed E-state index contributed by atoms with van der Waals surface area (Å²) in [6, 6.07) is 3.51. The smallest absolute Gasteiger partial charge is 0.243 e. The zero-order valence-electron chi connectivity index (χ0n) is 10.6. The molecule has 18 heavy (non-hydrogen) atoms. The van der Waals surface area contributed by atoms with Gasteiger partial charge in [0.2, 0.25) is 10.0 Å². The van der Waals surface area contributed by atoms with Gasteiger partial charge in [0, 0.05) is 12.2 Å². The lowest BCUT2D eigenvalue weighted by Gasteiger charge is -2.09. The third-order valence-corrected chi connectivity index (χ3v) is 3.97. The third-order valence-electron chi connectivity index (χ3n) is 2.50. The van der Waals surface area contributed by atoms with Crippen molar-refractivity contribution in [3.05, 3.63) is 24.0 Å². The van der Waals surface area contributed by atoms with Gasteiger partial charge >= 0.3 is 0 Å². The summed E-state index contributed by atoms with van der Waals surface area (Å²) in [5.74, 6) is -0.279. The molecule has 0 radical (unpaired) electrons. The van der Waals surface area contributed by atoms with E-state index < -0.39 is 20.7 Å². The van der Waals surface area contributed by atoms with Crippen molar-refractivity contribution in [3.8, 4) is 0 Å². The van der Waals surface area contributed by atoms with E-state index in [0.29, 0.717) is 12.5 Å². The molecule has 0 bridgehead atoms. The number of nitrogen functional groups attached to an aromatic ring is 1. The second-order valence-corrected chi connectivity index (χ2v) is 6.36. The van der Waals surface area contributed by atoms with Crippen LogP contribution in [0, 0.1) is 11.7 Å². The average molecular weight is 274 g/mol. The van der Waals surface area contributed by atoms with Crippen LogP contribution in [0.1, 0.15) is 26.7 Å². The van der Waals surface area contributed by atoms with Crippen LogP contribution in [-0.2, 0) is 10.0 Å². The standard InChI is InChI=1S/C12H19FN2O2S/c1-9(2)4-3-7-15-18(16,17)12-8-10(14)5-6-11(12)13/h5-6,8-9,15H,3-4,7,14H2,1-2H3. The topological polar surface area (TPSA) is 72.2 Å². The molecular weight excluding hydrogens is 255 g/mol. The molecule has 6 heteroatoms. The number of halogens is 1. The van der Waals surface area contributed by atoms with Crippen LogP contribution in [0.2, 0.25) is 0 Å².